The minimum absolute atomic E-state index is 0.0561. The van der Waals surface area contributed by atoms with E-state index in [4.69, 9.17) is 0 Å². The number of amides is 2. The number of carbonyl (C=O) groups is 2. The minimum Gasteiger partial charge on any atom is -0.357 e. The molecule has 2 rings (SSSR count). The molecule has 1 saturated heterocycles. The van der Waals surface area contributed by atoms with Gasteiger partial charge in [-0.15, -0.1) is 0 Å². The van der Waals surface area contributed by atoms with E-state index in [0.717, 1.165) is 24.8 Å². The van der Waals surface area contributed by atoms with Crippen molar-refractivity contribution < 1.29 is 9.59 Å². The standard InChI is InChI=1S/C15H21N3O2/c1-16-15(20)13-6-2-3-10-18(13)14(19)8-7-12-5-4-9-17-11-12/h4-5,9,11,13H,2-3,6-8,10H2,1H3,(H,16,20)/t13-/m1/s1. The molecule has 5 heteroatoms. The third kappa shape index (κ3) is 3.56. The number of aromatic nitrogens is 1. The summed E-state index contributed by atoms with van der Waals surface area (Å²) in [5.41, 5.74) is 1.05. The van der Waals surface area contributed by atoms with Gasteiger partial charge in [0.2, 0.25) is 11.8 Å². The molecule has 1 aromatic rings. The molecule has 1 atom stereocenters. The van der Waals surface area contributed by atoms with E-state index in [1.807, 2.05) is 12.1 Å². The number of nitrogens with one attached hydrogen (secondary N) is 1. The number of likely N-dealkylation sites (N-methyl/N-ethyl adjacent to an activating group) is 1. The van der Waals surface area contributed by atoms with Crippen LogP contribution >= 0.6 is 0 Å². The number of hydrogen-bond acceptors (Lipinski definition) is 3. The van der Waals surface area contributed by atoms with Crippen LogP contribution in [-0.2, 0) is 16.0 Å². The Morgan fingerprint density at radius 2 is 2.30 bits per heavy atom. The van der Waals surface area contributed by atoms with Crippen LogP contribution in [0, 0.1) is 0 Å². The minimum atomic E-state index is -0.296. The highest BCUT2D eigenvalue weighted by molar-refractivity contribution is 5.87. The van der Waals surface area contributed by atoms with Gasteiger partial charge in [-0.1, -0.05) is 6.07 Å². The third-order valence-corrected chi connectivity index (χ3v) is 3.72. The van der Waals surface area contributed by atoms with Crippen molar-refractivity contribution >= 4 is 11.8 Å². The number of piperidine rings is 1. The van der Waals surface area contributed by atoms with E-state index < -0.39 is 0 Å². The first kappa shape index (κ1) is 14.5. The quantitative estimate of drug-likeness (QED) is 0.896. The molecule has 1 aliphatic rings. The topological polar surface area (TPSA) is 62.3 Å². The smallest absolute Gasteiger partial charge is 0.242 e. The monoisotopic (exact) mass is 275 g/mol. The summed E-state index contributed by atoms with van der Waals surface area (Å²) in [6.07, 6.45) is 7.34. The second-order valence-corrected chi connectivity index (χ2v) is 5.07. The van der Waals surface area contributed by atoms with E-state index in [1.54, 1.807) is 24.3 Å². The molecule has 0 unspecified atom stereocenters. The maximum Gasteiger partial charge on any atom is 0.242 e. The van der Waals surface area contributed by atoms with Crippen LogP contribution < -0.4 is 5.32 Å². The zero-order valence-corrected chi connectivity index (χ0v) is 11.8. The van der Waals surface area contributed by atoms with Crippen molar-refractivity contribution in [2.75, 3.05) is 13.6 Å². The molecule has 1 N–H and O–H groups in total. The Hall–Kier alpha value is -1.91. The van der Waals surface area contributed by atoms with Crippen LogP contribution in [0.15, 0.2) is 24.5 Å². The Bertz CT molecular complexity index is 461. The first-order chi connectivity index (χ1) is 9.72. The fourth-order valence-electron chi connectivity index (χ4n) is 2.61. The van der Waals surface area contributed by atoms with Gasteiger partial charge in [-0.05, 0) is 37.3 Å². The summed E-state index contributed by atoms with van der Waals surface area (Å²) < 4.78 is 0. The van der Waals surface area contributed by atoms with E-state index in [0.29, 0.717) is 19.4 Å². The lowest BCUT2D eigenvalue weighted by Crippen LogP contribution is -2.51. The summed E-state index contributed by atoms with van der Waals surface area (Å²) >= 11 is 0. The molecule has 1 fully saturated rings. The van der Waals surface area contributed by atoms with Crippen LogP contribution in [0.5, 0.6) is 0 Å². The first-order valence-electron chi connectivity index (χ1n) is 7.12. The Morgan fingerprint density at radius 1 is 1.45 bits per heavy atom. The summed E-state index contributed by atoms with van der Waals surface area (Å²) in [7, 11) is 1.62. The normalized spacial score (nSPS) is 18.6. The van der Waals surface area contributed by atoms with Crippen LogP contribution in [0.2, 0.25) is 0 Å². The highest BCUT2D eigenvalue weighted by Gasteiger charge is 2.30. The summed E-state index contributed by atoms with van der Waals surface area (Å²) in [4.78, 5) is 29.9. The molecular weight excluding hydrogens is 254 g/mol. The van der Waals surface area contributed by atoms with Crippen LogP contribution in [0.1, 0.15) is 31.2 Å². The molecule has 1 aromatic heterocycles. The molecule has 1 aliphatic heterocycles. The fourth-order valence-corrected chi connectivity index (χ4v) is 2.61. The molecule has 2 heterocycles. The second kappa shape index (κ2) is 7.03. The highest BCUT2D eigenvalue weighted by atomic mass is 16.2. The summed E-state index contributed by atoms with van der Waals surface area (Å²) in [5.74, 6) is 0.00146. The van der Waals surface area contributed by atoms with Gasteiger partial charge in [0.25, 0.3) is 0 Å². The zero-order valence-electron chi connectivity index (χ0n) is 11.8. The van der Waals surface area contributed by atoms with E-state index >= 15 is 0 Å². The van der Waals surface area contributed by atoms with Gasteiger partial charge in [-0.2, -0.15) is 0 Å². The van der Waals surface area contributed by atoms with Crippen LogP contribution in [0.4, 0.5) is 0 Å². The van der Waals surface area contributed by atoms with Gasteiger partial charge >= 0.3 is 0 Å². The van der Waals surface area contributed by atoms with Crippen molar-refractivity contribution in [3.63, 3.8) is 0 Å². The summed E-state index contributed by atoms with van der Waals surface area (Å²) in [5, 5.41) is 2.65. The maximum absolute atomic E-state index is 12.3. The predicted octanol–water partition coefficient (Wildman–Crippen LogP) is 1.14. The van der Waals surface area contributed by atoms with E-state index in [1.165, 1.54) is 0 Å². The van der Waals surface area contributed by atoms with Crippen molar-refractivity contribution in [2.24, 2.45) is 0 Å². The predicted molar refractivity (Wildman–Crippen MR) is 76.0 cm³/mol. The van der Waals surface area contributed by atoms with Crippen molar-refractivity contribution in [3.05, 3.63) is 30.1 Å². The zero-order chi connectivity index (χ0) is 14.4. The van der Waals surface area contributed by atoms with Gasteiger partial charge in [-0.25, -0.2) is 0 Å². The van der Waals surface area contributed by atoms with Gasteiger partial charge in [0.05, 0.1) is 0 Å². The van der Waals surface area contributed by atoms with Crippen molar-refractivity contribution in [2.45, 2.75) is 38.1 Å². The second-order valence-electron chi connectivity index (χ2n) is 5.07. The molecule has 108 valence electrons. The maximum atomic E-state index is 12.3. The lowest BCUT2D eigenvalue weighted by Gasteiger charge is -2.34. The van der Waals surface area contributed by atoms with Crippen LogP contribution in [-0.4, -0.2) is 41.3 Å². The molecule has 20 heavy (non-hydrogen) atoms. The number of aryl methyl sites for hydroxylation is 1. The van der Waals surface area contributed by atoms with E-state index in [-0.39, 0.29) is 17.9 Å². The fraction of sp³-hybridized carbons (Fsp3) is 0.533. The molecule has 2 amide bonds. The van der Waals surface area contributed by atoms with Gasteiger partial charge in [0, 0.05) is 32.4 Å². The Labute approximate surface area is 119 Å². The molecule has 0 spiro atoms. The SMILES string of the molecule is CNC(=O)[C@H]1CCCCN1C(=O)CCc1cccnc1. The molecule has 0 saturated carbocycles. The first-order valence-corrected chi connectivity index (χ1v) is 7.12. The van der Waals surface area contributed by atoms with Gasteiger partial charge in [0.1, 0.15) is 6.04 Å². The molecule has 0 bridgehead atoms. The van der Waals surface area contributed by atoms with E-state index in [9.17, 15) is 9.59 Å². The van der Waals surface area contributed by atoms with Crippen LogP contribution in [0.3, 0.4) is 0 Å². The average molecular weight is 275 g/mol. The van der Waals surface area contributed by atoms with E-state index in [2.05, 4.69) is 10.3 Å². The number of nitrogens with zero attached hydrogens (tertiary/aromatic N) is 2. The lowest BCUT2D eigenvalue weighted by atomic mass is 10.00. The molecular formula is C15H21N3O2. The Balaban J connectivity index is 1.94. The van der Waals surface area contributed by atoms with Crippen LogP contribution in [0.25, 0.3) is 0 Å². The number of likely N-dealkylation sites (tertiary alicyclic amines) is 1. The largest absolute Gasteiger partial charge is 0.357 e. The van der Waals surface area contributed by atoms with Crippen molar-refractivity contribution in [3.8, 4) is 0 Å². The molecule has 0 aromatic carbocycles. The highest BCUT2D eigenvalue weighted by Crippen LogP contribution is 2.18. The lowest BCUT2D eigenvalue weighted by molar-refractivity contribution is -0.142. The molecule has 0 radical (unpaired) electrons. The van der Waals surface area contributed by atoms with Gasteiger partial charge in [-0.3, -0.25) is 14.6 Å². The third-order valence-electron chi connectivity index (χ3n) is 3.72. The van der Waals surface area contributed by atoms with Gasteiger partial charge < -0.3 is 10.2 Å². The summed E-state index contributed by atoms with van der Waals surface area (Å²) in [6, 6.07) is 3.54. The number of pyridine rings is 1. The number of rotatable bonds is 4. The number of hydrogen-bond donors (Lipinski definition) is 1. The number of carbonyl (C=O) groups excluding carboxylic acids is 2. The summed E-state index contributed by atoms with van der Waals surface area (Å²) in [6.45, 7) is 0.684. The van der Waals surface area contributed by atoms with Crippen molar-refractivity contribution in [1.29, 1.82) is 0 Å². The van der Waals surface area contributed by atoms with Crippen molar-refractivity contribution in [1.82, 2.24) is 15.2 Å². The Morgan fingerprint density at radius 3 is 3.00 bits per heavy atom. The molecule has 0 aliphatic carbocycles. The van der Waals surface area contributed by atoms with Gasteiger partial charge in [0.15, 0.2) is 0 Å². The average Bonchev–Trinajstić information content (AvgIpc) is 2.52. The Kier molecular flexibility index (Phi) is 5.09. The molecule has 5 nitrogen and oxygen atoms in total.